The summed E-state index contributed by atoms with van der Waals surface area (Å²) in [5.74, 6) is -1.24. The second-order valence-corrected chi connectivity index (χ2v) is 6.95. The Labute approximate surface area is 165 Å². The third-order valence-electron chi connectivity index (χ3n) is 4.90. The lowest BCUT2D eigenvalue weighted by Gasteiger charge is -2.20. The minimum absolute atomic E-state index is 0.115. The molecule has 150 valence electrons. The summed E-state index contributed by atoms with van der Waals surface area (Å²) in [7, 11) is 0. The predicted octanol–water partition coefficient (Wildman–Crippen LogP) is 4.53. The zero-order valence-electron chi connectivity index (χ0n) is 16.4. The summed E-state index contributed by atoms with van der Waals surface area (Å²) in [5, 5.41) is 9.63. The van der Waals surface area contributed by atoms with E-state index in [1.165, 1.54) is 12.1 Å². The smallest absolute Gasteiger partial charge is 0.343 e. The van der Waals surface area contributed by atoms with Crippen molar-refractivity contribution in [3.63, 3.8) is 0 Å². The molecule has 0 saturated carbocycles. The van der Waals surface area contributed by atoms with E-state index in [-0.39, 0.29) is 22.9 Å². The molecule has 0 aliphatic heterocycles. The number of hydrogen-bond donors (Lipinski definition) is 3. The van der Waals surface area contributed by atoms with Crippen LogP contribution in [0.4, 0.5) is 11.4 Å². The molecule has 0 heterocycles. The number of carboxylic acids is 1. The van der Waals surface area contributed by atoms with Gasteiger partial charge in [0.2, 0.25) is 0 Å². The number of nitrogens with two attached hydrogens (primary N) is 2. The molecule has 0 aromatic heterocycles. The van der Waals surface area contributed by atoms with Crippen LogP contribution in [0.5, 0.6) is 5.75 Å². The van der Waals surface area contributed by atoms with E-state index in [0.717, 1.165) is 25.7 Å². The second kappa shape index (κ2) is 9.78. The summed E-state index contributed by atoms with van der Waals surface area (Å²) < 4.78 is 5.57. The number of esters is 1. The number of carboxylic acid groups (broad SMARTS) is 1. The molecule has 0 aliphatic carbocycles. The normalized spacial score (nSPS) is 11.8. The first-order chi connectivity index (χ1) is 13.4. The molecule has 0 spiro atoms. The van der Waals surface area contributed by atoms with E-state index in [9.17, 15) is 14.7 Å². The number of aromatic carboxylic acids is 1. The maximum Gasteiger partial charge on any atom is 0.343 e. The van der Waals surface area contributed by atoms with Crippen LogP contribution in [0.2, 0.25) is 0 Å². The average Bonchev–Trinajstić information content (AvgIpc) is 2.67. The highest BCUT2D eigenvalue weighted by molar-refractivity contribution is 5.95. The molecule has 0 fully saturated rings. The third-order valence-corrected chi connectivity index (χ3v) is 4.90. The molecule has 0 saturated heterocycles. The number of carbonyl (C=O) groups is 2. The lowest BCUT2D eigenvalue weighted by atomic mass is 9.89. The van der Waals surface area contributed by atoms with Gasteiger partial charge in [0.15, 0.2) is 5.75 Å². The van der Waals surface area contributed by atoms with E-state index < -0.39 is 11.9 Å². The number of hydrogen-bond acceptors (Lipinski definition) is 5. The maximum atomic E-state index is 12.6. The molecule has 1 unspecified atom stereocenters. The van der Waals surface area contributed by atoms with Gasteiger partial charge in [0, 0.05) is 11.3 Å². The average molecular weight is 384 g/mol. The Morgan fingerprint density at radius 2 is 1.75 bits per heavy atom. The van der Waals surface area contributed by atoms with Crippen molar-refractivity contribution >= 4 is 23.3 Å². The topological polar surface area (TPSA) is 116 Å². The van der Waals surface area contributed by atoms with Crippen molar-refractivity contribution in [2.45, 2.75) is 46.0 Å². The van der Waals surface area contributed by atoms with Crippen LogP contribution in [0, 0.1) is 5.92 Å². The Kier molecular flexibility index (Phi) is 7.44. The van der Waals surface area contributed by atoms with Crippen LogP contribution in [0.15, 0.2) is 36.4 Å². The number of nitrogen functional groups attached to an aromatic ring is 2. The first-order valence-corrected chi connectivity index (χ1v) is 9.59. The molecule has 0 radical (unpaired) electrons. The lowest BCUT2D eigenvalue weighted by molar-refractivity contribution is 0.0685. The predicted molar refractivity (Wildman–Crippen MR) is 111 cm³/mol. The zero-order chi connectivity index (χ0) is 20.7. The van der Waals surface area contributed by atoms with Crippen molar-refractivity contribution < 1.29 is 19.4 Å². The highest BCUT2D eigenvalue weighted by atomic mass is 16.5. The molecule has 2 aromatic carbocycles. The summed E-state index contributed by atoms with van der Waals surface area (Å²) >= 11 is 0. The molecule has 28 heavy (non-hydrogen) atoms. The van der Waals surface area contributed by atoms with Crippen molar-refractivity contribution in [3.05, 3.63) is 53.1 Å². The fourth-order valence-electron chi connectivity index (χ4n) is 3.17. The number of ether oxygens (including phenoxy) is 1. The van der Waals surface area contributed by atoms with Crippen molar-refractivity contribution in [1.29, 1.82) is 0 Å². The van der Waals surface area contributed by atoms with Crippen molar-refractivity contribution in [1.82, 2.24) is 0 Å². The van der Waals surface area contributed by atoms with Crippen LogP contribution >= 0.6 is 0 Å². The fraction of sp³-hybridized carbons (Fsp3) is 0.364. The van der Waals surface area contributed by atoms with Gasteiger partial charge in [-0.1, -0.05) is 39.5 Å². The quantitative estimate of drug-likeness (QED) is 0.332. The number of unbranched alkanes of at least 4 members (excludes halogenated alkanes) is 1. The molecular formula is C22H28N2O4. The van der Waals surface area contributed by atoms with Crippen LogP contribution in [-0.4, -0.2) is 17.0 Å². The Balaban J connectivity index is 2.40. The van der Waals surface area contributed by atoms with E-state index in [0.29, 0.717) is 23.2 Å². The molecule has 0 bridgehead atoms. The summed E-state index contributed by atoms with van der Waals surface area (Å²) in [5.41, 5.74) is 13.4. The minimum atomic E-state index is -1.06. The Hall–Kier alpha value is -3.02. The van der Waals surface area contributed by atoms with Crippen molar-refractivity contribution in [2.24, 2.45) is 5.92 Å². The second-order valence-electron chi connectivity index (χ2n) is 6.95. The molecule has 6 heteroatoms. The Bertz CT molecular complexity index is 831. The minimum Gasteiger partial charge on any atom is -0.478 e. The van der Waals surface area contributed by atoms with Gasteiger partial charge in [-0.05, 0) is 48.7 Å². The highest BCUT2D eigenvalue weighted by Gasteiger charge is 2.23. The zero-order valence-corrected chi connectivity index (χ0v) is 16.4. The third kappa shape index (κ3) is 5.25. The van der Waals surface area contributed by atoms with Crippen molar-refractivity contribution in [3.8, 4) is 5.75 Å². The number of anilines is 2. The first-order valence-electron chi connectivity index (χ1n) is 9.59. The summed E-state index contributed by atoms with van der Waals surface area (Å²) in [6.07, 6.45) is 4.50. The molecule has 0 amide bonds. The van der Waals surface area contributed by atoms with Crippen LogP contribution < -0.4 is 16.2 Å². The molecule has 2 rings (SSSR count). The summed E-state index contributed by atoms with van der Waals surface area (Å²) in [4.78, 5) is 24.3. The van der Waals surface area contributed by atoms with E-state index in [1.807, 2.05) is 0 Å². The first kappa shape index (κ1) is 21.3. The molecular weight excluding hydrogens is 356 g/mol. The summed E-state index contributed by atoms with van der Waals surface area (Å²) in [6.45, 7) is 4.20. The van der Waals surface area contributed by atoms with Gasteiger partial charge in [-0.2, -0.15) is 0 Å². The molecule has 1 atom stereocenters. The van der Waals surface area contributed by atoms with Crippen molar-refractivity contribution in [2.75, 3.05) is 11.5 Å². The monoisotopic (exact) mass is 384 g/mol. The van der Waals surface area contributed by atoms with Gasteiger partial charge in [0.1, 0.15) is 0 Å². The van der Waals surface area contributed by atoms with Crippen LogP contribution in [0.25, 0.3) is 0 Å². The number of benzene rings is 2. The van der Waals surface area contributed by atoms with Gasteiger partial charge in [0.05, 0.1) is 16.8 Å². The molecule has 2 aromatic rings. The fourth-order valence-corrected chi connectivity index (χ4v) is 3.17. The van der Waals surface area contributed by atoms with Gasteiger partial charge in [0.25, 0.3) is 0 Å². The summed E-state index contributed by atoms with van der Waals surface area (Å²) in [6, 6.07) is 9.26. The van der Waals surface area contributed by atoms with Crippen LogP contribution in [-0.2, 0) is 6.42 Å². The number of rotatable bonds is 9. The van der Waals surface area contributed by atoms with E-state index >= 15 is 0 Å². The molecule has 6 nitrogen and oxygen atoms in total. The van der Waals surface area contributed by atoms with Gasteiger partial charge < -0.3 is 21.3 Å². The van der Waals surface area contributed by atoms with Crippen LogP contribution in [0.1, 0.15) is 65.8 Å². The van der Waals surface area contributed by atoms with Gasteiger partial charge in [-0.15, -0.1) is 0 Å². The Morgan fingerprint density at radius 1 is 1.07 bits per heavy atom. The van der Waals surface area contributed by atoms with Gasteiger partial charge in [-0.25, -0.2) is 9.59 Å². The standard InChI is InChI=1S/C22H28N2O4/c1-3-5-6-14(4-2)13-18-17(21(25)26)11-12-19(24)20(18)28-22(27)15-7-9-16(23)10-8-15/h7-12,14H,3-6,13,23-24H2,1-2H3,(H,25,26). The van der Waals surface area contributed by atoms with Crippen LogP contribution in [0.3, 0.4) is 0 Å². The maximum absolute atomic E-state index is 12.6. The molecule has 5 N–H and O–H groups in total. The van der Waals surface area contributed by atoms with Gasteiger partial charge >= 0.3 is 11.9 Å². The van der Waals surface area contributed by atoms with Gasteiger partial charge in [-0.3, -0.25) is 0 Å². The lowest BCUT2D eigenvalue weighted by Crippen LogP contribution is -2.16. The van der Waals surface area contributed by atoms with E-state index in [4.69, 9.17) is 16.2 Å². The van der Waals surface area contributed by atoms with E-state index in [2.05, 4.69) is 13.8 Å². The SMILES string of the molecule is CCCCC(CC)Cc1c(C(=O)O)ccc(N)c1OC(=O)c1ccc(N)cc1. The highest BCUT2D eigenvalue weighted by Crippen LogP contribution is 2.34. The largest absolute Gasteiger partial charge is 0.478 e. The molecule has 0 aliphatic rings. The number of carbonyl (C=O) groups excluding carboxylic acids is 1. The van der Waals surface area contributed by atoms with E-state index in [1.54, 1.807) is 24.3 Å². The Morgan fingerprint density at radius 3 is 2.32 bits per heavy atom.